The molecular formula is C35H44O6. The molecule has 6 nitrogen and oxygen atoms in total. The zero-order chi connectivity index (χ0) is 30.4. The van der Waals surface area contributed by atoms with Crippen molar-refractivity contribution >= 4 is 17.5 Å². The first kappa shape index (κ1) is 30.5. The summed E-state index contributed by atoms with van der Waals surface area (Å²) in [4.78, 5) is 40.8. The largest absolute Gasteiger partial charge is 0.511 e. The lowest BCUT2D eigenvalue weighted by Gasteiger charge is -2.56. The second-order valence-corrected chi connectivity index (χ2v) is 13.3. The van der Waals surface area contributed by atoms with Crippen LogP contribution in [0.15, 0.2) is 76.8 Å². The van der Waals surface area contributed by atoms with E-state index in [9.17, 15) is 24.6 Å². The van der Waals surface area contributed by atoms with E-state index in [-0.39, 0.29) is 58.5 Å². The van der Waals surface area contributed by atoms with Crippen LogP contribution in [0.3, 0.4) is 0 Å². The SMILES string of the molecule is C=C(C)[C@@H]1C[C@@H](CC2(CC=C(C)C)C(=O)C3=C(O[C@@H](C)[C@@H](C)C3=O)C(C(CC(=O)O)c3ccccc3)=C2O)C1(C)C. The van der Waals surface area contributed by atoms with Crippen molar-refractivity contribution < 1.29 is 29.3 Å². The lowest BCUT2D eigenvalue weighted by molar-refractivity contribution is -0.137. The lowest BCUT2D eigenvalue weighted by Crippen LogP contribution is -2.52. The number of aliphatic hydroxyl groups excluding tert-OH is 1. The molecule has 1 heterocycles. The van der Waals surface area contributed by atoms with Crippen LogP contribution < -0.4 is 0 Å². The number of hydrogen-bond acceptors (Lipinski definition) is 5. The molecule has 3 aliphatic rings. The number of ether oxygens (including phenoxy) is 1. The minimum absolute atomic E-state index is 0.0366. The molecular weight excluding hydrogens is 516 g/mol. The van der Waals surface area contributed by atoms with Crippen LogP contribution in [-0.2, 0) is 19.1 Å². The standard InChI is InChI=1S/C35H44O6/c1-19(2)14-15-35(18-24-16-26(20(3)4)34(24,7)8)32(39)28(25(17-27(36)37)23-12-10-9-11-13-23)31-29(33(35)40)30(38)21(5)22(6)41-31/h9-14,21-22,24-26,39H,3,15-18H2,1-2,4-8H3,(H,36,37)/t21-,22+,24+,25?,26+,35?/m1/s1. The number of carbonyl (C=O) groups excluding carboxylic acids is 2. The first-order chi connectivity index (χ1) is 19.1. The normalized spacial score (nSPS) is 29.7. The van der Waals surface area contributed by atoms with Crippen LogP contribution in [0.1, 0.15) is 85.6 Å². The predicted octanol–water partition coefficient (Wildman–Crippen LogP) is 7.49. The van der Waals surface area contributed by atoms with Gasteiger partial charge in [0.25, 0.3) is 0 Å². The third kappa shape index (κ3) is 5.22. The molecule has 4 rings (SSSR count). The van der Waals surface area contributed by atoms with Gasteiger partial charge in [-0.3, -0.25) is 14.4 Å². The quantitative estimate of drug-likeness (QED) is 0.240. The van der Waals surface area contributed by atoms with Gasteiger partial charge in [0, 0.05) is 11.5 Å². The fraction of sp³-hybridized carbons (Fsp3) is 0.514. The van der Waals surface area contributed by atoms with E-state index in [1.165, 1.54) is 0 Å². The summed E-state index contributed by atoms with van der Waals surface area (Å²) in [7, 11) is 0. The number of Topliss-reactive ketones (excluding diaryl/α,β-unsaturated/α-hetero) is 2. The Balaban J connectivity index is 2.01. The number of aliphatic hydroxyl groups is 1. The molecule has 0 spiro atoms. The zero-order valence-corrected chi connectivity index (χ0v) is 25.4. The molecule has 1 saturated carbocycles. The molecule has 0 saturated heterocycles. The van der Waals surface area contributed by atoms with Crippen molar-refractivity contribution in [2.45, 2.75) is 86.2 Å². The molecule has 0 bridgehead atoms. The number of benzene rings is 1. The molecule has 1 aromatic rings. The molecule has 0 amide bonds. The summed E-state index contributed by atoms with van der Waals surface area (Å²) in [5, 5.41) is 22.4. The average Bonchev–Trinajstić information content (AvgIpc) is 2.89. The van der Waals surface area contributed by atoms with Gasteiger partial charge in [-0.1, -0.05) is 74.9 Å². The number of hydrogen-bond donors (Lipinski definition) is 2. The van der Waals surface area contributed by atoms with Crippen LogP contribution in [0.4, 0.5) is 0 Å². The molecule has 2 aliphatic carbocycles. The first-order valence-electron chi connectivity index (χ1n) is 14.6. The Morgan fingerprint density at radius 1 is 1.15 bits per heavy atom. The van der Waals surface area contributed by atoms with Gasteiger partial charge < -0.3 is 14.9 Å². The Labute approximate surface area is 243 Å². The molecule has 220 valence electrons. The summed E-state index contributed by atoms with van der Waals surface area (Å²) in [6.45, 7) is 17.9. The van der Waals surface area contributed by atoms with Crippen molar-refractivity contribution in [2.24, 2.45) is 28.6 Å². The summed E-state index contributed by atoms with van der Waals surface area (Å²) in [6.07, 6.45) is 2.44. The van der Waals surface area contributed by atoms with E-state index in [1.807, 2.05) is 57.2 Å². The monoisotopic (exact) mass is 560 g/mol. The van der Waals surface area contributed by atoms with E-state index >= 15 is 0 Å². The van der Waals surface area contributed by atoms with E-state index in [2.05, 4.69) is 20.4 Å². The molecule has 2 N–H and O–H groups in total. The molecule has 41 heavy (non-hydrogen) atoms. The number of carboxylic acid groups (broad SMARTS) is 1. The first-order valence-corrected chi connectivity index (χ1v) is 14.6. The average molecular weight is 561 g/mol. The maximum atomic E-state index is 14.7. The van der Waals surface area contributed by atoms with Crippen molar-refractivity contribution in [1.82, 2.24) is 0 Å². The van der Waals surface area contributed by atoms with Gasteiger partial charge >= 0.3 is 5.97 Å². The number of aliphatic carboxylic acids is 1. The van der Waals surface area contributed by atoms with Gasteiger partial charge in [0.15, 0.2) is 11.6 Å². The Bertz CT molecular complexity index is 1360. The molecule has 1 aliphatic heterocycles. The highest BCUT2D eigenvalue weighted by atomic mass is 16.5. The number of carboxylic acids is 1. The summed E-state index contributed by atoms with van der Waals surface area (Å²) < 4.78 is 6.26. The van der Waals surface area contributed by atoms with Crippen LogP contribution in [0.5, 0.6) is 0 Å². The van der Waals surface area contributed by atoms with Crippen molar-refractivity contribution in [3.05, 3.63) is 82.4 Å². The van der Waals surface area contributed by atoms with Gasteiger partial charge in [0.05, 0.1) is 17.8 Å². The van der Waals surface area contributed by atoms with E-state index in [0.29, 0.717) is 12.0 Å². The number of allylic oxidation sites excluding steroid dienone is 6. The van der Waals surface area contributed by atoms with Gasteiger partial charge in [-0.25, -0.2) is 0 Å². The van der Waals surface area contributed by atoms with Gasteiger partial charge in [-0.15, -0.1) is 0 Å². The van der Waals surface area contributed by atoms with Crippen LogP contribution in [-0.4, -0.2) is 33.9 Å². The van der Waals surface area contributed by atoms with Gasteiger partial charge in [-0.2, -0.15) is 0 Å². The third-order valence-electron chi connectivity index (χ3n) is 9.96. The van der Waals surface area contributed by atoms with Crippen molar-refractivity contribution in [2.75, 3.05) is 0 Å². The molecule has 6 heteroatoms. The second-order valence-electron chi connectivity index (χ2n) is 13.3. The van der Waals surface area contributed by atoms with Gasteiger partial charge in [0.2, 0.25) is 0 Å². The minimum Gasteiger partial charge on any atom is -0.511 e. The van der Waals surface area contributed by atoms with Crippen LogP contribution in [0, 0.1) is 28.6 Å². The smallest absolute Gasteiger partial charge is 0.304 e. The highest BCUT2D eigenvalue weighted by Crippen LogP contribution is 2.61. The Morgan fingerprint density at radius 2 is 1.78 bits per heavy atom. The van der Waals surface area contributed by atoms with E-state index < -0.39 is 35.1 Å². The van der Waals surface area contributed by atoms with Crippen LogP contribution in [0.2, 0.25) is 0 Å². The van der Waals surface area contributed by atoms with Crippen molar-refractivity contribution in [3.63, 3.8) is 0 Å². The number of carbonyl (C=O) groups is 3. The molecule has 6 atom stereocenters. The Kier molecular flexibility index (Phi) is 8.28. The van der Waals surface area contributed by atoms with Gasteiger partial charge in [0.1, 0.15) is 23.2 Å². The topological polar surface area (TPSA) is 101 Å². The summed E-state index contributed by atoms with van der Waals surface area (Å²) in [5.74, 6) is -2.92. The highest BCUT2D eigenvalue weighted by Gasteiger charge is 2.59. The molecule has 1 aromatic carbocycles. The Morgan fingerprint density at radius 3 is 2.32 bits per heavy atom. The molecule has 1 fully saturated rings. The molecule has 0 aromatic heterocycles. The Hall–Kier alpha value is -3.41. The maximum Gasteiger partial charge on any atom is 0.304 e. The lowest BCUT2D eigenvalue weighted by atomic mass is 9.48. The van der Waals surface area contributed by atoms with E-state index in [0.717, 1.165) is 17.6 Å². The van der Waals surface area contributed by atoms with Crippen molar-refractivity contribution in [1.29, 1.82) is 0 Å². The third-order valence-corrected chi connectivity index (χ3v) is 9.96. The zero-order valence-electron chi connectivity index (χ0n) is 25.4. The van der Waals surface area contributed by atoms with E-state index in [1.54, 1.807) is 13.8 Å². The van der Waals surface area contributed by atoms with Gasteiger partial charge in [-0.05, 0) is 69.8 Å². The van der Waals surface area contributed by atoms with Crippen LogP contribution in [0.25, 0.3) is 0 Å². The predicted molar refractivity (Wildman–Crippen MR) is 159 cm³/mol. The maximum absolute atomic E-state index is 14.7. The number of rotatable bonds is 9. The minimum atomic E-state index is -1.42. The van der Waals surface area contributed by atoms with E-state index in [4.69, 9.17) is 4.74 Å². The fourth-order valence-corrected chi connectivity index (χ4v) is 7.05. The van der Waals surface area contributed by atoms with Crippen LogP contribution >= 0.6 is 0 Å². The second kappa shape index (κ2) is 11.1. The molecule has 2 unspecified atom stereocenters. The van der Waals surface area contributed by atoms with Crippen molar-refractivity contribution in [3.8, 4) is 0 Å². The summed E-state index contributed by atoms with van der Waals surface area (Å²) in [5.41, 5.74) is 1.38. The number of ketones is 2. The highest BCUT2D eigenvalue weighted by molar-refractivity contribution is 6.25. The fourth-order valence-electron chi connectivity index (χ4n) is 7.05. The molecule has 0 radical (unpaired) electrons. The summed E-state index contributed by atoms with van der Waals surface area (Å²) in [6, 6.07) is 9.09. The summed E-state index contributed by atoms with van der Waals surface area (Å²) >= 11 is 0.